The average Bonchev–Trinajstić information content (AvgIpc) is 2.70. The summed E-state index contributed by atoms with van der Waals surface area (Å²) >= 11 is 6.26. The van der Waals surface area contributed by atoms with Crippen LogP contribution in [0.1, 0.15) is 17.9 Å². The Labute approximate surface area is 194 Å². The number of aromatic hydroxyl groups is 1. The Bertz CT molecular complexity index is 1330. The van der Waals surface area contributed by atoms with E-state index >= 15 is 0 Å². The number of benzene rings is 2. The summed E-state index contributed by atoms with van der Waals surface area (Å²) in [5, 5.41) is 21.6. The summed E-state index contributed by atoms with van der Waals surface area (Å²) in [5.41, 5.74) is -0.375. The first kappa shape index (κ1) is 23.8. The number of piperidine rings is 1. The number of phosphoric acid groups is 1. The molecule has 1 aliphatic heterocycles. The van der Waals surface area contributed by atoms with Crippen LogP contribution >= 0.6 is 19.4 Å². The maximum absolute atomic E-state index is 13.1. The van der Waals surface area contributed by atoms with Crippen LogP contribution in [0.3, 0.4) is 0 Å². The monoisotopic (exact) mass is 491 g/mol. The van der Waals surface area contributed by atoms with Gasteiger partial charge in [-0.3, -0.25) is 14.6 Å². The van der Waals surface area contributed by atoms with Gasteiger partial charge in [0.15, 0.2) is 5.43 Å². The summed E-state index contributed by atoms with van der Waals surface area (Å²) in [6.45, 7) is 0.196. The quantitative estimate of drug-likeness (QED) is 0.320. The highest BCUT2D eigenvalue weighted by atomic mass is 35.5. The number of hydrogen-bond donors (Lipinski definition) is 4. The molecule has 0 bridgehead atoms. The Hall–Kier alpha value is -2.33. The predicted octanol–water partition coefficient (Wildman–Crippen LogP) is 2.57. The molecule has 1 fully saturated rings. The molecule has 4 rings (SSSR count). The lowest BCUT2D eigenvalue weighted by molar-refractivity contribution is 0.0526. The minimum absolute atomic E-state index is 0.0683. The third-order valence-corrected chi connectivity index (χ3v) is 6.48. The number of likely N-dealkylation sites (tertiary alicyclic amines) is 1. The van der Waals surface area contributed by atoms with E-state index in [2.05, 4.69) is 4.52 Å². The molecule has 0 aliphatic carbocycles. The molecule has 2 heterocycles. The second-order valence-electron chi connectivity index (χ2n) is 7.96. The Morgan fingerprint density at radius 2 is 1.97 bits per heavy atom. The molecule has 4 N–H and O–H groups in total. The van der Waals surface area contributed by atoms with E-state index in [-0.39, 0.29) is 35.3 Å². The van der Waals surface area contributed by atoms with Crippen LogP contribution in [-0.4, -0.2) is 58.4 Å². The molecular formula is C21H20BClNO8P. The summed E-state index contributed by atoms with van der Waals surface area (Å²) in [6.07, 6.45) is -0.745. The van der Waals surface area contributed by atoms with Crippen molar-refractivity contribution in [2.75, 3.05) is 13.6 Å². The standard InChI is InChI=1S/C21H20BClNO8P/c1-24-9-15(27)11(6-18(24)22)19-13(25)8-17(32-33(28,29)30)20-14(26)7-16(31-21(19)20)10-4-2-3-5-12(10)23/h2-5,7-8,11,15,18,25,27H,6,9H2,1H3,(H2,28,29,30). The van der Waals surface area contributed by atoms with Crippen molar-refractivity contribution in [3.63, 3.8) is 0 Å². The molecule has 0 amide bonds. The second-order valence-corrected chi connectivity index (χ2v) is 9.54. The number of phenols is 1. The number of aliphatic hydroxyl groups is 1. The molecule has 1 aromatic heterocycles. The van der Waals surface area contributed by atoms with Crippen LogP contribution in [0.4, 0.5) is 0 Å². The first-order valence-electron chi connectivity index (χ1n) is 9.94. The van der Waals surface area contributed by atoms with E-state index in [0.29, 0.717) is 10.6 Å². The fraction of sp³-hybridized carbons (Fsp3) is 0.286. The highest BCUT2D eigenvalue weighted by Gasteiger charge is 2.36. The maximum atomic E-state index is 13.1. The molecule has 1 aliphatic rings. The Kier molecular flexibility index (Phi) is 6.35. The summed E-state index contributed by atoms with van der Waals surface area (Å²) in [6, 6.07) is 8.67. The molecule has 9 nitrogen and oxygen atoms in total. The average molecular weight is 492 g/mol. The van der Waals surface area contributed by atoms with Gasteiger partial charge in [0.1, 0.15) is 28.2 Å². The van der Waals surface area contributed by atoms with E-state index in [9.17, 15) is 29.4 Å². The summed E-state index contributed by atoms with van der Waals surface area (Å²) < 4.78 is 22.2. The number of hydrogen-bond acceptors (Lipinski definition) is 7. The Morgan fingerprint density at radius 3 is 2.64 bits per heavy atom. The maximum Gasteiger partial charge on any atom is 0.524 e. The number of halogens is 1. The summed E-state index contributed by atoms with van der Waals surface area (Å²) in [4.78, 5) is 33.5. The van der Waals surface area contributed by atoms with E-state index in [1.807, 2.05) is 0 Å². The molecule has 2 aromatic carbocycles. The highest BCUT2D eigenvalue weighted by molar-refractivity contribution is 7.46. The molecule has 33 heavy (non-hydrogen) atoms. The van der Waals surface area contributed by atoms with Crippen LogP contribution < -0.4 is 9.95 Å². The van der Waals surface area contributed by atoms with Gasteiger partial charge < -0.3 is 24.1 Å². The number of aliphatic hydroxyl groups excluding tert-OH is 1. The normalized spacial score (nSPS) is 21.9. The van der Waals surface area contributed by atoms with Crippen LogP contribution in [0.25, 0.3) is 22.3 Å². The Balaban J connectivity index is 2.04. The molecule has 0 saturated carbocycles. The second kappa shape index (κ2) is 8.79. The number of fused-ring (bicyclic) bond motifs is 1. The summed E-state index contributed by atoms with van der Waals surface area (Å²) in [7, 11) is 2.81. The molecule has 3 unspecified atom stereocenters. The number of β-amino-alcohol motifs (C(OH)–C–C–N with tert-alkyl or cyclic N) is 1. The SMILES string of the molecule is [B]C1CC(c2c(O)cc(OP(=O)(O)O)c3c(=O)cc(-c4ccccc4Cl)oc23)C(O)CN1C. The van der Waals surface area contributed by atoms with Gasteiger partial charge in [0, 0.05) is 35.7 Å². The molecule has 3 atom stereocenters. The topological polar surface area (TPSA) is 141 Å². The van der Waals surface area contributed by atoms with Crippen molar-refractivity contribution in [1.82, 2.24) is 4.90 Å². The van der Waals surface area contributed by atoms with Crippen LogP contribution in [0.2, 0.25) is 5.02 Å². The molecule has 3 aromatic rings. The largest absolute Gasteiger partial charge is 0.524 e. The molecule has 1 saturated heterocycles. The van der Waals surface area contributed by atoms with Gasteiger partial charge in [0.25, 0.3) is 0 Å². The summed E-state index contributed by atoms with van der Waals surface area (Å²) in [5.74, 6) is -2.12. The van der Waals surface area contributed by atoms with Crippen molar-refractivity contribution in [2.24, 2.45) is 0 Å². The fourth-order valence-corrected chi connectivity index (χ4v) is 4.75. The van der Waals surface area contributed by atoms with Gasteiger partial charge in [0.2, 0.25) is 0 Å². The van der Waals surface area contributed by atoms with Crippen LogP contribution in [-0.2, 0) is 4.57 Å². The molecular weight excluding hydrogens is 471 g/mol. The van der Waals surface area contributed by atoms with Crippen molar-refractivity contribution in [2.45, 2.75) is 24.4 Å². The van der Waals surface area contributed by atoms with Crippen LogP contribution in [0.5, 0.6) is 11.5 Å². The van der Waals surface area contributed by atoms with Crippen LogP contribution in [0.15, 0.2) is 45.6 Å². The third-order valence-electron chi connectivity index (χ3n) is 5.71. The number of phosphoric ester groups is 1. The first-order chi connectivity index (χ1) is 15.5. The van der Waals surface area contributed by atoms with Crippen LogP contribution in [0, 0.1) is 0 Å². The zero-order chi connectivity index (χ0) is 24.1. The molecule has 2 radical (unpaired) electrons. The van der Waals surface area contributed by atoms with Crippen molar-refractivity contribution in [3.05, 3.63) is 57.2 Å². The van der Waals surface area contributed by atoms with Crippen molar-refractivity contribution in [1.29, 1.82) is 0 Å². The lowest BCUT2D eigenvalue weighted by Crippen LogP contribution is -2.47. The minimum atomic E-state index is -5.08. The number of phenolic OH excluding ortho intramolecular Hbond substituents is 1. The Morgan fingerprint density at radius 1 is 1.27 bits per heavy atom. The van der Waals surface area contributed by atoms with E-state index in [1.54, 1.807) is 36.2 Å². The molecule has 12 heteroatoms. The van der Waals surface area contributed by atoms with Gasteiger partial charge >= 0.3 is 7.82 Å². The van der Waals surface area contributed by atoms with Gasteiger partial charge in [-0.2, -0.15) is 0 Å². The lowest BCUT2D eigenvalue weighted by Gasteiger charge is -2.39. The van der Waals surface area contributed by atoms with Gasteiger partial charge in [-0.25, -0.2) is 4.57 Å². The zero-order valence-electron chi connectivity index (χ0n) is 17.4. The zero-order valence-corrected chi connectivity index (χ0v) is 19.0. The van der Waals surface area contributed by atoms with Crippen molar-refractivity contribution >= 4 is 38.2 Å². The number of nitrogens with zero attached hydrogens (tertiary/aromatic N) is 1. The highest BCUT2D eigenvalue weighted by Crippen LogP contribution is 2.47. The van der Waals surface area contributed by atoms with Gasteiger partial charge in [-0.05, 0) is 31.5 Å². The lowest BCUT2D eigenvalue weighted by atomic mass is 9.76. The van der Waals surface area contributed by atoms with E-state index in [0.717, 1.165) is 12.1 Å². The van der Waals surface area contributed by atoms with Crippen molar-refractivity contribution in [3.8, 4) is 22.8 Å². The third kappa shape index (κ3) is 4.68. The van der Waals surface area contributed by atoms with Gasteiger partial charge in [-0.1, -0.05) is 23.7 Å². The van der Waals surface area contributed by atoms with E-state index < -0.39 is 42.7 Å². The van der Waals surface area contributed by atoms with E-state index in [4.69, 9.17) is 23.9 Å². The van der Waals surface area contributed by atoms with Crippen molar-refractivity contribution < 1.29 is 33.5 Å². The van der Waals surface area contributed by atoms with E-state index in [1.165, 1.54) is 0 Å². The molecule has 0 spiro atoms. The number of rotatable bonds is 4. The van der Waals surface area contributed by atoms with Gasteiger partial charge in [0.05, 0.1) is 19.0 Å². The minimum Gasteiger partial charge on any atom is -0.507 e. The molecule has 172 valence electrons. The van der Waals surface area contributed by atoms with Gasteiger partial charge in [-0.15, -0.1) is 0 Å². The smallest absolute Gasteiger partial charge is 0.507 e. The first-order valence-corrected chi connectivity index (χ1v) is 11.8. The fourth-order valence-electron chi connectivity index (χ4n) is 4.12. The predicted molar refractivity (Wildman–Crippen MR) is 123 cm³/mol. The number of likely N-dealkylation sites (N-methyl/N-ethyl adjacent to an activating group) is 1.